The van der Waals surface area contributed by atoms with E-state index >= 15 is 0 Å². The van der Waals surface area contributed by atoms with Gasteiger partial charge in [0.2, 0.25) is 0 Å². The zero-order valence-corrected chi connectivity index (χ0v) is 11.1. The van der Waals surface area contributed by atoms with Gasteiger partial charge in [0.15, 0.2) is 5.90 Å². The molecule has 0 amide bonds. The van der Waals surface area contributed by atoms with Gasteiger partial charge < -0.3 is 10.5 Å². The van der Waals surface area contributed by atoms with Crippen LogP contribution in [0.5, 0.6) is 0 Å². The van der Waals surface area contributed by atoms with Crippen LogP contribution >= 0.6 is 0 Å². The molecule has 1 aromatic rings. The maximum Gasteiger partial charge on any atom is 0.180 e. The minimum atomic E-state index is -0.0646. The summed E-state index contributed by atoms with van der Waals surface area (Å²) in [6.45, 7) is 6.37. The average Bonchev–Trinajstić information content (AvgIpc) is 2.28. The van der Waals surface area contributed by atoms with Crippen LogP contribution in [-0.2, 0) is 10.2 Å². The molecule has 3 heteroatoms. The van der Waals surface area contributed by atoms with Crippen LogP contribution in [0.4, 0.5) is 5.69 Å². The van der Waals surface area contributed by atoms with E-state index in [2.05, 4.69) is 26.8 Å². The summed E-state index contributed by atoms with van der Waals surface area (Å²) in [7, 11) is 1.55. The van der Waals surface area contributed by atoms with Gasteiger partial charge in [-0.05, 0) is 36.6 Å². The fourth-order valence-electron chi connectivity index (χ4n) is 2.20. The second kappa shape index (κ2) is 5.21. The summed E-state index contributed by atoms with van der Waals surface area (Å²) in [6, 6.07) is 5.98. The number of benzene rings is 1. The number of rotatable bonds is 4. The highest BCUT2D eigenvalue weighted by Crippen LogP contribution is 2.34. The van der Waals surface area contributed by atoms with Crippen LogP contribution in [0.2, 0.25) is 0 Å². The Balaban J connectivity index is 3.11. The molecule has 3 N–H and O–H groups in total. The van der Waals surface area contributed by atoms with E-state index in [0.29, 0.717) is 12.3 Å². The van der Waals surface area contributed by atoms with Gasteiger partial charge in [0.05, 0.1) is 7.11 Å². The number of methoxy groups -OCH3 is 1. The molecular formula is C14H22N2O. The molecule has 0 saturated carbocycles. The summed E-state index contributed by atoms with van der Waals surface area (Å²) >= 11 is 0. The number of nitrogen functional groups attached to an aromatic ring is 1. The normalized spacial score (nSPS) is 14.1. The predicted molar refractivity (Wildman–Crippen MR) is 72.6 cm³/mol. The first-order chi connectivity index (χ1) is 7.92. The first kappa shape index (κ1) is 13.6. The molecule has 3 nitrogen and oxygen atoms in total. The SMILES string of the molecule is CC[C@@](C)(CC(=N)OC)c1ccc(N)cc1C. The van der Waals surface area contributed by atoms with E-state index in [1.54, 1.807) is 7.11 Å². The van der Waals surface area contributed by atoms with Gasteiger partial charge in [0.25, 0.3) is 0 Å². The van der Waals surface area contributed by atoms with Gasteiger partial charge in [-0.15, -0.1) is 0 Å². The molecule has 0 aliphatic rings. The topological polar surface area (TPSA) is 59.1 Å². The summed E-state index contributed by atoms with van der Waals surface area (Å²) in [4.78, 5) is 0. The lowest BCUT2D eigenvalue weighted by molar-refractivity contribution is 0.353. The van der Waals surface area contributed by atoms with Crippen molar-refractivity contribution >= 4 is 11.6 Å². The van der Waals surface area contributed by atoms with Crippen molar-refractivity contribution in [2.45, 2.75) is 39.0 Å². The first-order valence-corrected chi connectivity index (χ1v) is 5.91. The smallest absolute Gasteiger partial charge is 0.180 e. The lowest BCUT2D eigenvalue weighted by Crippen LogP contribution is -2.26. The second-order valence-corrected chi connectivity index (χ2v) is 4.79. The lowest BCUT2D eigenvalue weighted by atomic mass is 9.75. The quantitative estimate of drug-likeness (QED) is 0.477. The fraction of sp³-hybridized carbons (Fsp3) is 0.500. The van der Waals surface area contributed by atoms with E-state index in [1.165, 1.54) is 11.1 Å². The standard InChI is InChI=1S/C14H22N2O/c1-5-14(3,9-13(16)17-4)12-7-6-11(15)8-10(12)2/h6-8,16H,5,9,15H2,1-4H3/t14-/m0/s1. The van der Waals surface area contributed by atoms with Crippen LogP contribution < -0.4 is 5.73 Å². The zero-order chi connectivity index (χ0) is 13.1. The molecule has 0 heterocycles. The Kier molecular flexibility index (Phi) is 4.16. The minimum absolute atomic E-state index is 0.0646. The van der Waals surface area contributed by atoms with Gasteiger partial charge in [-0.25, -0.2) is 0 Å². The highest BCUT2D eigenvalue weighted by molar-refractivity contribution is 5.74. The Labute approximate surface area is 103 Å². The third-order valence-electron chi connectivity index (χ3n) is 3.48. The minimum Gasteiger partial charge on any atom is -0.484 e. The van der Waals surface area contributed by atoms with Crippen molar-refractivity contribution < 1.29 is 4.74 Å². The largest absolute Gasteiger partial charge is 0.484 e. The van der Waals surface area contributed by atoms with Gasteiger partial charge in [0.1, 0.15) is 0 Å². The molecule has 1 rings (SSSR count). The number of aryl methyl sites for hydroxylation is 1. The van der Waals surface area contributed by atoms with Gasteiger partial charge >= 0.3 is 0 Å². The van der Waals surface area contributed by atoms with Crippen LogP contribution in [0.1, 0.15) is 37.8 Å². The Hall–Kier alpha value is -1.51. The number of hydrogen-bond donors (Lipinski definition) is 2. The third-order valence-corrected chi connectivity index (χ3v) is 3.48. The lowest BCUT2D eigenvalue weighted by Gasteiger charge is -2.30. The summed E-state index contributed by atoms with van der Waals surface area (Å²) in [5.74, 6) is 0.325. The highest BCUT2D eigenvalue weighted by atomic mass is 16.5. The molecule has 1 aromatic carbocycles. The van der Waals surface area contributed by atoms with Crippen LogP contribution in [0.15, 0.2) is 18.2 Å². The molecule has 0 fully saturated rings. The maximum absolute atomic E-state index is 7.71. The van der Waals surface area contributed by atoms with E-state index in [1.807, 2.05) is 12.1 Å². The molecule has 0 spiro atoms. The Morgan fingerprint density at radius 1 is 1.47 bits per heavy atom. The molecule has 0 unspecified atom stereocenters. The van der Waals surface area contributed by atoms with Crippen LogP contribution in [0.25, 0.3) is 0 Å². The first-order valence-electron chi connectivity index (χ1n) is 5.91. The zero-order valence-electron chi connectivity index (χ0n) is 11.1. The number of hydrogen-bond acceptors (Lipinski definition) is 3. The van der Waals surface area contributed by atoms with Crippen molar-refractivity contribution in [3.8, 4) is 0 Å². The van der Waals surface area contributed by atoms with Crippen molar-refractivity contribution in [1.29, 1.82) is 5.41 Å². The summed E-state index contributed by atoms with van der Waals surface area (Å²) < 4.78 is 4.99. The van der Waals surface area contributed by atoms with Crippen LogP contribution in [-0.4, -0.2) is 13.0 Å². The van der Waals surface area contributed by atoms with Gasteiger partial charge in [-0.2, -0.15) is 0 Å². The molecule has 94 valence electrons. The van der Waals surface area contributed by atoms with E-state index in [0.717, 1.165) is 12.1 Å². The molecule has 0 saturated heterocycles. The monoisotopic (exact) mass is 234 g/mol. The second-order valence-electron chi connectivity index (χ2n) is 4.79. The van der Waals surface area contributed by atoms with E-state index in [-0.39, 0.29) is 5.41 Å². The summed E-state index contributed by atoms with van der Waals surface area (Å²) in [5, 5.41) is 7.71. The fourth-order valence-corrected chi connectivity index (χ4v) is 2.20. The van der Waals surface area contributed by atoms with Gasteiger partial charge in [0, 0.05) is 17.5 Å². The third kappa shape index (κ3) is 2.99. The Morgan fingerprint density at radius 2 is 2.12 bits per heavy atom. The van der Waals surface area contributed by atoms with Crippen molar-refractivity contribution in [2.75, 3.05) is 12.8 Å². The predicted octanol–water partition coefficient (Wildman–Crippen LogP) is 3.26. The molecule has 0 aliphatic heterocycles. The van der Waals surface area contributed by atoms with Crippen molar-refractivity contribution in [3.63, 3.8) is 0 Å². The Bertz CT molecular complexity index is 415. The molecular weight excluding hydrogens is 212 g/mol. The maximum atomic E-state index is 7.71. The molecule has 0 aromatic heterocycles. The molecule has 0 radical (unpaired) electrons. The van der Waals surface area contributed by atoms with E-state index < -0.39 is 0 Å². The number of ether oxygens (including phenoxy) is 1. The van der Waals surface area contributed by atoms with Crippen molar-refractivity contribution in [1.82, 2.24) is 0 Å². The van der Waals surface area contributed by atoms with Gasteiger partial charge in [-0.1, -0.05) is 19.9 Å². The number of nitrogens with one attached hydrogen (secondary N) is 1. The summed E-state index contributed by atoms with van der Waals surface area (Å²) in [5.41, 5.74) is 8.92. The molecule has 17 heavy (non-hydrogen) atoms. The summed E-state index contributed by atoms with van der Waals surface area (Å²) in [6.07, 6.45) is 1.58. The van der Waals surface area contributed by atoms with E-state index in [9.17, 15) is 0 Å². The molecule has 1 atom stereocenters. The number of nitrogens with two attached hydrogens (primary N) is 1. The molecule has 0 aliphatic carbocycles. The van der Waals surface area contributed by atoms with Crippen molar-refractivity contribution in [3.05, 3.63) is 29.3 Å². The Morgan fingerprint density at radius 3 is 2.59 bits per heavy atom. The van der Waals surface area contributed by atoms with Crippen LogP contribution in [0.3, 0.4) is 0 Å². The average molecular weight is 234 g/mol. The number of anilines is 1. The van der Waals surface area contributed by atoms with E-state index in [4.69, 9.17) is 15.9 Å². The van der Waals surface area contributed by atoms with Gasteiger partial charge in [-0.3, -0.25) is 5.41 Å². The highest BCUT2D eigenvalue weighted by Gasteiger charge is 2.28. The molecule has 0 bridgehead atoms. The van der Waals surface area contributed by atoms with Crippen LogP contribution in [0, 0.1) is 12.3 Å². The van der Waals surface area contributed by atoms with Crippen molar-refractivity contribution in [2.24, 2.45) is 0 Å².